The number of benzene rings is 1. The first-order chi connectivity index (χ1) is 14.2. The van der Waals surface area contributed by atoms with E-state index in [0.717, 1.165) is 0 Å². The molecule has 1 aliphatic carbocycles. The largest absolute Gasteiger partial charge is 0.497 e. The lowest BCUT2D eigenvalue weighted by molar-refractivity contribution is -0.130. The maximum absolute atomic E-state index is 13.2. The summed E-state index contributed by atoms with van der Waals surface area (Å²) in [5, 5.41) is 36.1. The fraction of sp³-hybridized carbons (Fsp3) is 0.476. The normalized spacial score (nSPS) is 33.4. The van der Waals surface area contributed by atoms with Crippen molar-refractivity contribution >= 4 is 23.4 Å². The Kier molecular flexibility index (Phi) is 5.14. The van der Waals surface area contributed by atoms with Gasteiger partial charge in [0.15, 0.2) is 10.8 Å². The van der Waals surface area contributed by atoms with E-state index in [2.05, 4.69) is 10.6 Å². The van der Waals surface area contributed by atoms with E-state index in [-0.39, 0.29) is 5.88 Å². The van der Waals surface area contributed by atoms with E-state index < -0.39 is 46.1 Å². The molecule has 9 heteroatoms. The Morgan fingerprint density at radius 3 is 2.27 bits per heavy atom. The Bertz CT molecular complexity index is 1010. The molecular weight excluding hydrogens is 406 g/mol. The number of carbonyl (C=O) groups is 2. The van der Waals surface area contributed by atoms with Crippen molar-refractivity contribution in [3.63, 3.8) is 0 Å². The average molecular weight is 426 g/mol. The third kappa shape index (κ3) is 2.36. The molecule has 2 N–H and O–H groups in total. The van der Waals surface area contributed by atoms with Gasteiger partial charge in [0.05, 0.1) is 25.3 Å². The summed E-state index contributed by atoms with van der Waals surface area (Å²) in [7, 11) is 1.51. The zero-order valence-corrected chi connectivity index (χ0v) is 17.4. The summed E-state index contributed by atoms with van der Waals surface area (Å²) in [6.07, 6.45) is 0. The van der Waals surface area contributed by atoms with Gasteiger partial charge >= 0.3 is 0 Å². The van der Waals surface area contributed by atoms with E-state index >= 15 is 0 Å². The number of carbonyl (C=O) groups excluding carboxylic acids is 2. The number of nitriles is 3. The topological polar surface area (TPSA) is 139 Å². The molecule has 1 saturated heterocycles. The predicted molar refractivity (Wildman–Crippen MR) is 106 cm³/mol. The molecule has 1 aromatic carbocycles. The number of hydrogen-bond acceptors (Lipinski definition) is 6. The quantitative estimate of drug-likeness (QED) is 0.705. The lowest BCUT2D eigenvalue weighted by Gasteiger charge is -2.54. The van der Waals surface area contributed by atoms with Crippen molar-refractivity contribution in [2.24, 2.45) is 22.7 Å². The number of ether oxygens (including phenoxy) is 1. The molecule has 2 fully saturated rings. The zero-order valence-electron chi connectivity index (χ0n) is 16.7. The number of nitrogens with one attached hydrogen (secondary N) is 2. The van der Waals surface area contributed by atoms with Crippen LogP contribution in [0, 0.1) is 56.7 Å². The van der Waals surface area contributed by atoms with Gasteiger partial charge in [0.25, 0.3) is 0 Å². The Balaban J connectivity index is 2.34. The van der Waals surface area contributed by atoms with Crippen LogP contribution in [0.1, 0.15) is 25.3 Å². The molecule has 3 rings (SSSR count). The first kappa shape index (κ1) is 21.4. The van der Waals surface area contributed by atoms with E-state index in [1.807, 2.05) is 18.2 Å². The Hall–Kier alpha value is -3.28. The number of rotatable bonds is 4. The summed E-state index contributed by atoms with van der Waals surface area (Å²) in [6.45, 7) is 3.34. The summed E-state index contributed by atoms with van der Waals surface area (Å²) in [5.41, 5.74) is -4.74. The van der Waals surface area contributed by atoms with Gasteiger partial charge in [-0.15, -0.1) is 11.6 Å². The van der Waals surface area contributed by atoms with E-state index in [1.54, 1.807) is 38.1 Å². The van der Waals surface area contributed by atoms with E-state index in [4.69, 9.17) is 16.3 Å². The molecule has 1 saturated carbocycles. The molecule has 30 heavy (non-hydrogen) atoms. The number of nitrogens with zero attached hydrogens (tertiary/aromatic N) is 3. The molecule has 2 bridgehead atoms. The van der Waals surface area contributed by atoms with Gasteiger partial charge in [-0.2, -0.15) is 15.8 Å². The predicted octanol–water partition coefficient (Wildman–Crippen LogP) is 1.79. The van der Waals surface area contributed by atoms with Gasteiger partial charge in [-0.05, 0) is 17.7 Å². The highest BCUT2D eigenvalue weighted by Crippen LogP contribution is 2.66. The molecular formula is C21H20ClN5O3. The van der Waals surface area contributed by atoms with Gasteiger partial charge in [-0.25, -0.2) is 0 Å². The number of alkyl halides is 1. The molecule has 0 spiro atoms. The second kappa shape index (κ2) is 7.20. The van der Waals surface area contributed by atoms with Crippen LogP contribution < -0.4 is 15.4 Å². The number of halogens is 1. The molecule has 2 aliphatic rings. The highest BCUT2D eigenvalue weighted by Gasteiger charge is 2.80. The molecule has 0 aromatic heterocycles. The SMILES string of the molecule is COc1ccc([C@H]2[C@@H](C)[C@@]3(NC(=O)CCl)NC(=O)[C@@](C#N)([C@@H]3C)C2(C#N)C#N)cc1. The van der Waals surface area contributed by atoms with Crippen LogP contribution in [-0.4, -0.2) is 30.5 Å². The molecule has 0 unspecified atom stereocenters. The van der Waals surface area contributed by atoms with Crippen LogP contribution >= 0.6 is 11.6 Å². The Morgan fingerprint density at radius 2 is 1.80 bits per heavy atom. The van der Waals surface area contributed by atoms with Crippen LogP contribution in [0.2, 0.25) is 0 Å². The number of methoxy groups -OCH3 is 1. The molecule has 1 aromatic rings. The second-order valence-electron chi connectivity index (χ2n) is 7.72. The minimum atomic E-state index is -1.99. The maximum Gasteiger partial charge on any atom is 0.245 e. The van der Waals surface area contributed by atoms with Crippen LogP contribution in [0.3, 0.4) is 0 Å². The van der Waals surface area contributed by atoms with Crippen molar-refractivity contribution in [3.05, 3.63) is 29.8 Å². The van der Waals surface area contributed by atoms with Gasteiger partial charge < -0.3 is 15.4 Å². The zero-order chi connectivity index (χ0) is 22.3. The van der Waals surface area contributed by atoms with Gasteiger partial charge in [0, 0.05) is 17.8 Å². The standard InChI is InChI=1S/C21H20ClN5O3/c1-12-17(14-4-6-15(30-3)7-5-14)19(9-23,10-24)20(11-25)13(2)21(12,27-18(20)29)26-16(28)8-22/h4-7,12-13,17H,8H2,1-3H3,(H,26,28)(H,27,29)/t12-,13+,17-,20-,21-/m1/s1. The second-order valence-corrected chi connectivity index (χ2v) is 7.98. The van der Waals surface area contributed by atoms with Crippen LogP contribution in [0.4, 0.5) is 0 Å². The van der Waals surface area contributed by atoms with Crippen molar-refractivity contribution in [2.45, 2.75) is 25.4 Å². The summed E-state index contributed by atoms with van der Waals surface area (Å²) in [4.78, 5) is 25.5. The lowest BCUT2D eigenvalue weighted by Crippen LogP contribution is -2.69. The highest BCUT2D eigenvalue weighted by molar-refractivity contribution is 6.27. The van der Waals surface area contributed by atoms with Crippen molar-refractivity contribution in [3.8, 4) is 24.0 Å². The molecule has 1 aliphatic heterocycles. The minimum absolute atomic E-state index is 0.342. The van der Waals surface area contributed by atoms with Crippen molar-refractivity contribution in [1.82, 2.24) is 10.6 Å². The van der Waals surface area contributed by atoms with E-state index in [1.165, 1.54) is 7.11 Å². The first-order valence-electron chi connectivity index (χ1n) is 9.32. The molecule has 1 heterocycles. The van der Waals surface area contributed by atoms with Gasteiger partial charge in [-0.1, -0.05) is 26.0 Å². The fourth-order valence-electron chi connectivity index (χ4n) is 5.29. The third-order valence-electron chi connectivity index (χ3n) is 6.79. The monoisotopic (exact) mass is 425 g/mol. The lowest BCUT2D eigenvalue weighted by atomic mass is 9.44. The average Bonchev–Trinajstić information content (AvgIpc) is 2.95. The van der Waals surface area contributed by atoms with Gasteiger partial charge in [-0.3, -0.25) is 9.59 Å². The van der Waals surface area contributed by atoms with Crippen molar-refractivity contribution in [2.75, 3.05) is 13.0 Å². The molecule has 154 valence electrons. The Labute approximate surface area is 179 Å². The van der Waals surface area contributed by atoms with Gasteiger partial charge in [0.2, 0.25) is 11.8 Å². The molecule has 2 amide bonds. The van der Waals surface area contributed by atoms with Crippen LogP contribution in [-0.2, 0) is 9.59 Å². The maximum atomic E-state index is 13.2. The molecule has 8 nitrogen and oxygen atoms in total. The van der Waals surface area contributed by atoms with Crippen LogP contribution in [0.5, 0.6) is 5.75 Å². The van der Waals surface area contributed by atoms with E-state index in [0.29, 0.717) is 11.3 Å². The summed E-state index contributed by atoms with van der Waals surface area (Å²) in [6, 6.07) is 12.8. The van der Waals surface area contributed by atoms with E-state index in [9.17, 15) is 25.4 Å². The molecule has 0 radical (unpaired) electrons. The fourth-order valence-corrected chi connectivity index (χ4v) is 5.36. The van der Waals surface area contributed by atoms with Crippen molar-refractivity contribution in [1.29, 1.82) is 15.8 Å². The number of fused-ring (bicyclic) bond motifs is 2. The van der Waals surface area contributed by atoms with Crippen molar-refractivity contribution < 1.29 is 14.3 Å². The number of amides is 2. The summed E-state index contributed by atoms with van der Waals surface area (Å²) < 4.78 is 5.18. The first-order valence-corrected chi connectivity index (χ1v) is 9.85. The van der Waals surface area contributed by atoms with Crippen LogP contribution in [0.25, 0.3) is 0 Å². The third-order valence-corrected chi connectivity index (χ3v) is 7.03. The summed E-state index contributed by atoms with van der Waals surface area (Å²) in [5.74, 6) is -3.38. The highest BCUT2D eigenvalue weighted by atomic mass is 35.5. The minimum Gasteiger partial charge on any atom is -0.497 e. The molecule has 5 atom stereocenters. The summed E-state index contributed by atoms with van der Waals surface area (Å²) >= 11 is 5.69. The smallest absolute Gasteiger partial charge is 0.245 e. The van der Waals surface area contributed by atoms with Gasteiger partial charge in [0.1, 0.15) is 17.3 Å². The van der Waals surface area contributed by atoms with Crippen LogP contribution in [0.15, 0.2) is 24.3 Å². The Morgan fingerprint density at radius 1 is 1.20 bits per heavy atom. The number of hydrogen-bond donors (Lipinski definition) is 2.